The third kappa shape index (κ3) is 1.60. The zero-order valence-electron chi connectivity index (χ0n) is 7.51. The van der Waals surface area contributed by atoms with Crippen LogP contribution in [0.1, 0.15) is 13.8 Å². The van der Waals surface area contributed by atoms with Gasteiger partial charge < -0.3 is 4.90 Å². The first-order valence-electron chi connectivity index (χ1n) is 3.96. The van der Waals surface area contributed by atoms with Crippen LogP contribution in [0, 0.1) is 0 Å². The van der Waals surface area contributed by atoms with Crippen LogP contribution in [0.3, 0.4) is 0 Å². The summed E-state index contributed by atoms with van der Waals surface area (Å²) in [5, 5.41) is 0.0768. The van der Waals surface area contributed by atoms with E-state index in [1.807, 2.05) is 13.0 Å². The van der Waals surface area contributed by atoms with E-state index in [4.69, 9.17) is 0 Å². The lowest BCUT2D eigenvalue weighted by atomic mass is 10.3. The van der Waals surface area contributed by atoms with E-state index in [1.165, 1.54) is 0 Å². The average Bonchev–Trinajstić information content (AvgIpc) is 2.29. The molecule has 0 fully saturated rings. The fourth-order valence-electron chi connectivity index (χ4n) is 1.51. The van der Waals surface area contributed by atoms with Crippen LogP contribution in [0.2, 0.25) is 0 Å². The highest BCUT2D eigenvalue weighted by molar-refractivity contribution is 7.81. The molecule has 13 heavy (non-hydrogen) atoms. The Morgan fingerprint density at radius 3 is 2.85 bits per heavy atom. The van der Waals surface area contributed by atoms with Crippen molar-refractivity contribution in [2.24, 2.45) is 9.98 Å². The summed E-state index contributed by atoms with van der Waals surface area (Å²) in [4.78, 5) is 10.7. The van der Waals surface area contributed by atoms with Crippen molar-refractivity contribution in [3.05, 3.63) is 12.3 Å². The fraction of sp³-hybridized carbons (Fsp3) is 0.500. The van der Waals surface area contributed by atoms with Crippen molar-refractivity contribution in [3.8, 4) is 0 Å². The molecular formula is C8H12ClN3S. The summed E-state index contributed by atoms with van der Waals surface area (Å²) in [7, 11) is 0. The van der Waals surface area contributed by atoms with Crippen molar-refractivity contribution < 1.29 is 0 Å². The van der Waals surface area contributed by atoms with Gasteiger partial charge in [-0.3, -0.25) is 4.99 Å². The number of rotatable bonds is 0. The van der Waals surface area contributed by atoms with E-state index in [0.717, 1.165) is 11.7 Å². The van der Waals surface area contributed by atoms with Gasteiger partial charge >= 0.3 is 0 Å². The molecule has 0 N–H and O–H groups in total. The van der Waals surface area contributed by atoms with Gasteiger partial charge in [-0.05, 0) is 19.9 Å². The Kier molecular flexibility index (Phi) is 3.03. The highest BCUT2D eigenvalue weighted by Crippen LogP contribution is 2.23. The van der Waals surface area contributed by atoms with Gasteiger partial charge in [-0.15, -0.1) is 12.4 Å². The maximum Gasteiger partial charge on any atom is 0.132 e. The molecule has 0 bridgehead atoms. The monoisotopic (exact) mass is 217 g/mol. The Hall–Kier alpha value is -0.480. The Labute approximate surface area is 89.5 Å². The summed E-state index contributed by atoms with van der Waals surface area (Å²) >= 11 is 4.36. The molecule has 0 radical (unpaired) electrons. The molecule has 0 spiro atoms. The summed E-state index contributed by atoms with van der Waals surface area (Å²) in [6.45, 7) is 4.09. The third-order valence-electron chi connectivity index (χ3n) is 2.18. The first-order valence-corrected chi connectivity index (χ1v) is 4.48. The van der Waals surface area contributed by atoms with Crippen molar-refractivity contribution in [3.63, 3.8) is 0 Å². The van der Waals surface area contributed by atoms with Gasteiger partial charge in [0.05, 0.1) is 6.04 Å². The Balaban J connectivity index is 0.000000845. The van der Waals surface area contributed by atoms with Crippen molar-refractivity contribution in [1.82, 2.24) is 4.90 Å². The van der Waals surface area contributed by atoms with E-state index in [2.05, 4.69) is 34.4 Å². The molecule has 0 saturated carbocycles. The van der Waals surface area contributed by atoms with Gasteiger partial charge in [0.2, 0.25) is 0 Å². The molecule has 0 amide bonds. The van der Waals surface area contributed by atoms with E-state index in [0.29, 0.717) is 6.04 Å². The maximum atomic E-state index is 4.38. The fourth-order valence-corrected chi connectivity index (χ4v) is 1.76. The van der Waals surface area contributed by atoms with Gasteiger partial charge in [-0.2, -0.15) is 12.6 Å². The summed E-state index contributed by atoms with van der Waals surface area (Å²) in [5.41, 5.74) is 0. The van der Waals surface area contributed by atoms with Crippen LogP contribution in [0.5, 0.6) is 0 Å². The lowest BCUT2D eigenvalue weighted by Gasteiger charge is -2.26. The van der Waals surface area contributed by atoms with E-state index in [1.54, 1.807) is 6.20 Å². The zero-order chi connectivity index (χ0) is 8.72. The molecule has 72 valence electrons. The van der Waals surface area contributed by atoms with Gasteiger partial charge in [0.25, 0.3) is 0 Å². The predicted molar refractivity (Wildman–Crippen MR) is 61.0 cm³/mol. The quantitative estimate of drug-likeness (QED) is 0.615. The van der Waals surface area contributed by atoms with Crippen molar-refractivity contribution >= 4 is 36.7 Å². The number of nitrogens with zero attached hydrogens (tertiary/aromatic N) is 3. The van der Waals surface area contributed by atoms with E-state index in [-0.39, 0.29) is 17.8 Å². The lowest BCUT2D eigenvalue weighted by Crippen LogP contribution is -2.40. The van der Waals surface area contributed by atoms with Gasteiger partial charge in [-0.25, -0.2) is 4.99 Å². The maximum absolute atomic E-state index is 4.38. The average molecular weight is 218 g/mol. The zero-order valence-corrected chi connectivity index (χ0v) is 9.22. The van der Waals surface area contributed by atoms with Crippen molar-refractivity contribution in [1.29, 1.82) is 0 Å². The van der Waals surface area contributed by atoms with Gasteiger partial charge in [0, 0.05) is 6.20 Å². The second kappa shape index (κ2) is 3.72. The predicted octanol–water partition coefficient (Wildman–Crippen LogP) is 1.71. The summed E-state index contributed by atoms with van der Waals surface area (Å²) in [6.07, 6.45) is 3.70. The molecule has 0 aromatic carbocycles. The smallest absolute Gasteiger partial charge is 0.132 e. The van der Waals surface area contributed by atoms with Crippen LogP contribution in [-0.2, 0) is 0 Å². The number of hydrogen-bond acceptors (Lipinski definition) is 4. The van der Waals surface area contributed by atoms with Crippen LogP contribution in [-0.4, -0.2) is 28.0 Å². The van der Waals surface area contributed by atoms with E-state index < -0.39 is 0 Å². The lowest BCUT2D eigenvalue weighted by molar-refractivity contribution is 0.495. The largest absolute Gasteiger partial charge is 0.309 e. The van der Waals surface area contributed by atoms with Gasteiger partial charge in [0.15, 0.2) is 0 Å². The number of halogens is 1. The molecular weight excluding hydrogens is 206 g/mol. The molecule has 0 aliphatic carbocycles. The molecule has 2 aliphatic heterocycles. The minimum atomic E-state index is 0. The van der Waals surface area contributed by atoms with Crippen molar-refractivity contribution in [2.75, 3.05) is 0 Å². The first-order chi connectivity index (χ1) is 5.70. The number of fused-ring (bicyclic) bond motifs is 1. The molecule has 2 rings (SSSR count). The van der Waals surface area contributed by atoms with Crippen LogP contribution >= 0.6 is 25.0 Å². The second-order valence-electron chi connectivity index (χ2n) is 3.00. The molecule has 2 heterocycles. The summed E-state index contributed by atoms with van der Waals surface area (Å²) in [5.74, 6) is 1.98. The van der Waals surface area contributed by atoms with E-state index >= 15 is 0 Å². The molecule has 2 atom stereocenters. The van der Waals surface area contributed by atoms with Crippen LogP contribution in [0.25, 0.3) is 0 Å². The molecule has 0 aromatic heterocycles. The van der Waals surface area contributed by atoms with Gasteiger partial charge in [0.1, 0.15) is 17.0 Å². The topological polar surface area (TPSA) is 28.0 Å². The first kappa shape index (κ1) is 10.6. The number of thiol groups is 1. The van der Waals surface area contributed by atoms with Crippen molar-refractivity contribution in [2.45, 2.75) is 25.3 Å². The third-order valence-corrected chi connectivity index (χ3v) is 2.73. The number of aliphatic imine (C=N–C) groups is 2. The summed E-state index contributed by atoms with van der Waals surface area (Å²) in [6, 6.07) is 0.317. The molecule has 2 unspecified atom stereocenters. The van der Waals surface area contributed by atoms with E-state index in [9.17, 15) is 0 Å². The van der Waals surface area contributed by atoms with Gasteiger partial charge in [-0.1, -0.05) is 0 Å². The molecule has 3 nitrogen and oxygen atoms in total. The normalized spacial score (nSPS) is 30.5. The number of amidine groups is 2. The van der Waals surface area contributed by atoms with Crippen LogP contribution < -0.4 is 0 Å². The number of hydrogen-bond donors (Lipinski definition) is 1. The van der Waals surface area contributed by atoms with Crippen LogP contribution in [0.15, 0.2) is 22.3 Å². The SMILES string of the molecule is CC1=NC=CC2=NC(S)C(C)N12.Cl. The standard InChI is InChI=1S/C8H11N3S.ClH/c1-5-8(12)10-7-3-4-9-6(2)11(5)7;/h3-5,8,12H,1-2H3;1H. The minimum Gasteiger partial charge on any atom is -0.309 e. The Morgan fingerprint density at radius 2 is 2.23 bits per heavy atom. The molecule has 5 heteroatoms. The van der Waals surface area contributed by atoms with Crippen LogP contribution in [0.4, 0.5) is 0 Å². The highest BCUT2D eigenvalue weighted by Gasteiger charge is 2.31. The minimum absolute atomic E-state index is 0. The molecule has 2 aliphatic rings. The second-order valence-corrected chi connectivity index (χ2v) is 3.53. The Bertz CT molecular complexity index is 298. The Morgan fingerprint density at radius 1 is 1.54 bits per heavy atom. The molecule has 0 aromatic rings. The summed E-state index contributed by atoms with van der Waals surface area (Å²) < 4.78 is 0. The highest BCUT2D eigenvalue weighted by atomic mass is 35.5. The molecule has 0 saturated heterocycles.